The Hall–Kier alpha value is -0.650. The Morgan fingerprint density at radius 2 is 2.28 bits per heavy atom. The largest absolute Gasteiger partial charge is 0.379 e. The molecule has 5 nitrogen and oxygen atoms in total. The molecule has 2 rings (SSSR count). The number of morpholine rings is 1. The summed E-state index contributed by atoms with van der Waals surface area (Å²) in [5, 5.41) is 6.75. The zero-order valence-electron chi connectivity index (χ0n) is 11.3. The number of hydrogen-bond acceptors (Lipinski definition) is 4. The van der Waals surface area contributed by atoms with E-state index < -0.39 is 0 Å². The molecule has 0 bridgehead atoms. The average Bonchev–Trinajstić information content (AvgIpc) is 2.91. The van der Waals surface area contributed by atoms with Crippen LogP contribution < -0.4 is 10.6 Å². The van der Waals surface area contributed by atoms with Gasteiger partial charge in [0.1, 0.15) is 0 Å². The topological polar surface area (TPSA) is 53.6 Å². The van der Waals surface area contributed by atoms with Crippen LogP contribution >= 0.6 is 0 Å². The lowest BCUT2D eigenvalue weighted by molar-refractivity contribution is -0.129. The summed E-state index contributed by atoms with van der Waals surface area (Å²) in [5.41, 5.74) is 0. The van der Waals surface area contributed by atoms with Gasteiger partial charge in [0.05, 0.1) is 19.8 Å². The molecule has 104 valence electrons. The Balaban J connectivity index is 1.61. The monoisotopic (exact) mass is 255 g/mol. The summed E-state index contributed by atoms with van der Waals surface area (Å²) in [5.74, 6) is 0.243. The maximum atomic E-state index is 11.9. The first-order valence-corrected chi connectivity index (χ1v) is 7.08. The van der Waals surface area contributed by atoms with E-state index in [1.807, 2.05) is 4.90 Å². The molecule has 2 aliphatic heterocycles. The highest BCUT2D eigenvalue weighted by molar-refractivity contribution is 5.78. The van der Waals surface area contributed by atoms with E-state index in [0.29, 0.717) is 18.6 Å². The number of nitrogens with one attached hydrogen (secondary N) is 2. The van der Waals surface area contributed by atoms with Crippen molar-refractivity contribution >= 4 is 5.91 Å². The third-order valence-electron chi connectivity index (χ3n) is 3.70. The lowest BCUT2D eigenvalue weighted by Crippen LogP contribution is -2.46. The lowest BCUT2D eigenvalue weighted by Gasteiger charge is -2.27. The summed E-state index contributed by atoms with van der Waals surface area (Å²) < 4.78 is 5.42. The van der Waals surface area contributed by atoms with Crippen molar-refractivity contribution in [3.05, 3.63) is 0 Å². The van der Waals surface area contributed by atoms with Gasteiger partial charge in [0.25, 0.3) is 0 Å². The van der Waals surface area contributed by atoms with E-state index in [4.69, 9.17) is 4.74 Å². The highest BCUT2D eigenvalue weighted by Gasteiger charge is 2.19. The molecule has 18 heavy (non-hydrogen) atoms. The lowest BCUT2D eigenvalue weighted by atomic mass is 10.1. The third kappa shape index (κ3) is 4.23. The zero-order chi connectivity index (χ0) is 12.8. The fraction of sp³-hybridized carbons (Fsp3) is 0.923. The van der Waals surface area contributed by atoms with Gasteiger partial charge in [-0.2, -0.15) is 0 Å². The maximum Gasteiger partial charge on any atom is 0.236 e. The van der Waals surface area contributed by atoms with Crippen LogP contribution in [0.25, 0.3) is 0 Å². The number of ether oxygens (including phenoxy) is 1. The van der Waals surface area contributed by atoms with Crippen molar-refractivity contribution in [2.24, 2.45) is 0 Å². The van der Waals surface area contributed by atoms with Crippen molar-refractivity contribution < 1.29 is 9.53 Å². The van der Waals surface area contributed by atoms with Gasteiger partial charge in [-0.15, -0.1) is 0 Å². The minimum atomic E-state index is 0.243. The van der Waals surface area contributed by atoms with Gasteiger partial charge in [0, 0.05) is 31.7 Å². The first kappa shape index (κ1) is 13.8. The molecule has 0 spiro atoms. The Kier molecular flexibility index (Phi) is 5.41. The standard InChI is InChI=1S/C13H25N3O2/c1-11(8-12-10-18-7-4-14-12)15-9-13(17)16-5-2-3-6-16/h11-12,14-15H,2-10H2,1H3. The van der Waals surface area contributed by atoms with Crippen molar-refractivity contribution in [2.75, 3.05) is 39.4 Å². The Morgan fingerprint density at radius 1 is 1.50 bits per heavy atom. The molecule has 2 N–H and O–H groups in total. The number of nitrogens with zero attached hydrogens (tertiary/aromatic N) is 1. The minimum Gasteiger partial charge on any atom is -0.379 e. The number of amides is 1. The van der Waals surface area contributed by atoms with Crippen LogP contribution in [0.15, 0.2) is 0 Å². The van der Waals surface area contributed by atoms with Crippen molar-refractivity contribution in [2.45, 2.75) is 38.3 Å². The Bertz CT molecular complexity index is 261. The molecule has 0 aliphatic carbocycles. The van der Waals surface area contributed by atoms with Crippen LogP contribution in [0.1, 0.15) is 26.2 Å². The van der Waals surface area contributed by atoms with Crippen molar-refractivity contribution in [3.8, 4) is 0 Å². The molecule has 1 amide bonds. The molecule has 2 atom stereocenters. The Labute approximate surface area is 109 Å². The summed E-state index contributed by atoms with van der Waals surface area (Å²) in [6.45, 7) is 7.00. The van der Waals surface area contributed by atoms with Crippen LogP contribution in [0.2, 0.25) is 0 Å². The van der Waals surface area contributed by atoms with Crippen LogP contribution in [-0.2, 0) is 9.53 Å². The molecule has 0 aromatic heterocycles. The van der Waals surface area contributed by atoms with Gasteiger partial charge in [-0.05, 0) is 26.2 Å². The molecule has 2 saturated heterocycles. The highest BCUT2D eigenvalue weighted by Crippen LogP contribution is 2.07. The van der Waals surface area contributed by atoms with Gasteiger partial charge >= 0.3 is 0 Å². The highest BCUT2D eigenvalue weighted by atomic mass is 16.5. The molecule has 2 aliphatic rings. The number of likely N-dealkylation sites (tertiary alicyclic amines) is 1. The van der Waals surface area contributed by atoms with E-state index in [0.717, 1.165) is 52.1 Å². The van der Waals surface area contributed by atoms with E-state index in [-0.39, 0.29) is 5.91 Å². The zero-order valence-corrected chi connectivity index (χ0v) is 11.3. The number of hydrogen-bond donors (Lipinski definition) is 2. The molecule has 0 aromatic carbocycles. The van der Waals surface area contributed by atoms with Gasteiger partial charge in [-0.3, -0.25) is 4.79 Å². The summed E-state index contributed by atoms with van der Waals surface area (Å²) in [6, 6.07) is 0.763. The number of rotatable bonds is 5. The number of carbonyl (C=O) groups excluding carboxylic acids is 1. The molecule has 0 radical (unpaired) electrons. The van der Waals surface area contributed by atoms with E-state index in [1.54, 1.807) is 0 Å². The van der Waals surface area contributed by atoms with Crippen LogP contribution in [0.4, 0.5) is 0 Å². The molecular weight excluding hydrogens is 230 g/mol. The second kappa shape index (κ2) is 7.07. The van der Waals surface area contributed by atoms with Crippen LogP contribution in [0.5, 0.6) is 0 Å². The second-order valence-electron chi connectivity index (χ2n) is 5.33. The molecule has 0 saturated carbocycles. The van der Waals surface area contributed by atoms with Crippen LogP contribution in [0, 0.1) is 0 Å². The summed E-state index contributed by atoms with van der Waals surface area (Å²) >= 11 is 0. The van der Waals surface area contributed by atoms with E-state index >= 15 is 0 Å². The fourth-order valence-electron chi connectivity index (χ4n) is 2.62. The summed E-state index contributed by atoms with van der Waals surface area (Å²) in [4.78, 5) is 13.8. The smallest absolute Gasteiger partial charge is 0.236 e. The van der Waals surface area contributed by atoms with Gasteiger partial charge in [0.15, 0.2) is 0 Å². The van der Waals surface area contributed by atoms with E-state index in [1.165, 1.54) is 0 Å². The summed E-state index contributed by atoms with van der Waals surface area (Å²) in [7, 11) is 0. The minimum absolute atomic E-state index is 0.243. The molecular formula is C13H25N3O2. The normalized spacial score (nSPS) is 26.3. The molecule has 2 unspecified atom stereocenters. The first-order valence-electron chi connectivity index (χ1n) is 7.08. The molecule has 2 fully saturated rings. The van der Waals surface area contributed by atoms with Gasteiger partial charge in [-0.1, -0.05) is 0 Å². The van der Waals surface area contributed by atoms with Gasteiger partial charge in [0.2, 0.25) is 5.91 Å². The second-order valence-corrected chi connectivity index (χ2v) is 5.33. The predicted octanol–water partition coefficient (Wildman–Crippen LogP) is -0.0346. The Morgan fingerprint density at radius 3 is 2.94 bits per heavy atom. The molecule has 0 aromatic rings. The average molecular weight is 255 g/mol. The third-order valence-corrected chi connectivity index (χ3v) is 3.70. The van der Waals surface area contributed by atoms with Gasteiger partial charge < -0.3 is 20.3 Å². The fourth-order valence-corrected chi connectivity index (χ4v) is 2.62. The molecule has 2 heterocycles. The maximum absolute atomic E-state index is 11.9. The van der Waals surface area contributed by atoms with Crippen molar-refractivity contribution in [1.29, 1.82) is 0 Å². The predicted molar refractivity (Wildman–Crippen MR) is 70.5 cm³/mol. The summed E-state index contributed by atoms with van der Waals surface area (Å²) in [6.07, 6.45) is 3.32. The van der Waals surface area contributed by atoms with E-state index in [2.05, 4.69) is 17.6 Å². The van der Waals surface area contributed by atoms with E-state index in [9.17, 15) is 4.79 Å². The van der Waals surface area contributed by atoms with Crippen LogP contribution in [0.3, 0.4) is 0 Å². The van der Waals surface area contributed by atoms with Crippen molar-refractivity contribution in [3.63, 3.8) is 0 Å². The SMILES string of the molecule is CC(CC1COCCN1)NCC(=O)N1CCCC1. The molecule has 5 heteroatoms. The quantitative estimate of drug-likeness (QED) is 0.724. The van der Waals surface area contributed by atoms with Crippen LogP contribution in [-0.4, -0.2) is 62.3 Å². The first-order chi connectivity index (χ1) is 8.75. The number of carbonyl (C=O) groups is 1. The van der Waals surface area contributed by atoms with Crippen molar-refractivity contribution in [1.82, 2.24) is 15.5 Å². The van der Waals surface area contributed by atoms with Gasteiger partial charge in [-0.25, -0.2) is 0 Å².